The maximum Gasteiger partial charge on any atom is 0.385 e. The van der Waals surface area contributed by atoms with Gasteiger partial charge in [0.1, 0.15) is 5.60 Å². The molecule has 0 N–H and O–H groups in total. The molecular weight excluding hydrogens is 176 g/mol. The molecule has 5 heteroatoms. The molecule has 0 radical (unpaired) electrons. The normalized spacial score (nSPS) is 17.0. The summed E-state index contributed by atoms with van der Waals surface area (Å²) in [5, 5.41) is 0. The Bertz CT molecular complexity index is 271. The Balaban J connectivity index is 2.51. The lowest BCUT2D eigenvalue weighted by molar-refractivity contribution is -0.319. The van der Waals surface area contributed by atoms with Gasteiger partial charge in [-0.05, 0) is 20.8 Å². The Kier molecular flexibility index (Phi) is 2.38. The van der Waals surface area contributed by atoms with Crippen LogP contribution in [0, 0.1) is 0 Å². The molecule has 0 spiro atoms. The molecule has 0 aromatic carbocycles. The number of ether oxygens (including phenoxy) is 1. The predicted octanol–water partition coefficient (Wildman–Crippen LogP) is 0.700. The van der Waals surface area contributed by atoms with E-state index in [2.05, 4.69) is 9.62 Å². The zero-order chi connectivity index (χ0) is 10.1. The average molecular weight is 186 g/mol. The fourth-order valence-electron chi connectivity index (χ4n) is 0.565. The molecule has 0 amide bonds. The zero-order valence-electron chi connectivity index (χ0n) is 7.62. The first-order chi connectivity index (χ1) is 5.88. The molecule has 1 aliphatic rings. The maximum absolute atomic E-state index is 10.8. The van der Waals surface area contributed by atoms with Gasteiger partial charge in [-0.3, -0.25) is 0 Å². The van der Waals surface area contributed by atoms with Gasteiger partial charge in [-0.15, -0.1) is 0 Å². The second kappa shape index (κ2) is 3.18. The Morgan fingerprint density at radius 2 is 1.92 bits per heavy atom. The van der Waals surface area contributed by atoms with Crippen molar-refractivity contribution in [3.63, 3.8) is 0 Å². The van der Waals surface area contributed by atoms with E-state index >= 15 is 0 Å². The van der Waals surface area contributed by atoms with Crippen molar-refractivity contribution >= 4 is 11.9 Å². The summed E-state index contributed by atoms with van der Waals surface area (Å²) in [6, 6.07) is 0. The minimum atomic E-state index is -0.825. The molecule has 72 valence electrons. The quantitative estimate of drug-likeness (QED) is 0.275. The smallest absolute Gasteiger partial charge is 0.384 e. The molecule has 0 aromatic heterocycles. The summed E-state index contributed by atoms with van der Waals surface area (Å²) in [6.45, 7) is 5.24. The standard InChI is InChI=1S/C8H10O5/c1-8(2,3)13-12-5-4-6(9)11-7(5)10/h4H,1-3H3. The summed E-state index contributed by atoms with van der Waals surface area (Å²) in [5.41, 5.74) is -0.549. The molecule has 1 aliphatic heterocycles. The van der Waals surface area contributed by atoms with Crippen LogP contribution < -0.4 is 0 Å². The number of carbonyl (C=O) groups excluding carboxylic acids is 2. The third kappa shape index (κ3) is 2.87. The number of rotatable bonds is 2. The topological polar surface area (TPSA) is 61.8 Å². The van der Waals surface area contributed by atoms with Gasteiger partial charge in [-0.2, -0.15) is 4.89 Å². The number of cyclic esters (lactones) is 2. The molecule has 13 heavy (non-hydrogen) atoms. The molecule has 0 saturated carbocycles. The van der Waals surface area contributed by atoms with Gasteiger partial charge in [-0.1, -0.05) is 0 Å². The van der Waals surface area contributed by atoms with E-state index in [1.54, 1.807) is 20.8 Å². The molecule has 0 bridgehead atoms. The first-order valence-corrected chi connectivity index (χ1v) is 3.72. The minimum Gasteiger partial charge on any atom is -0.384 e. The van der Waals surface area contributed by atoms with E-state index in [1.165, 1.54) is 0 Å². The second-order valence-electron chi connectivity index (χ2n) is 3.50. The van der Waals surface area contributed by atoms with Crippen LogP contribution in [0.5, 0.6) is 0 Å². The van der Waals surface area contributed by atoms with Crippen LogP contribution in [0.15, 0.2) is 11.8 Å². The van der Waals surface area contributed by atoms with Crippen molar-refractivity contribution in [2.24, 2.45) is 0 Å². The molecular formula is C8H10O5. The molecule has 0 fully saturated rings. The SMILES string of the molecule is CC(C)(C)OOC1=CC(=O)OC1=O. The van der Waals surface area contributed by atoms with Gasteiger partial charge in [0.15, 0.2) is 0 Å². The van der Waals surface area contributed by atoms with Crippen molar-refractivity contribution in [3.8, 4) is 0 Å². The first kappa shape index (κ1) is 9.73. The van der Waals surface area contributed by atoms with Crippen LogP contribution in [0.3, 0.4) is 0 Å². The van der Waals surface area contributed by atoms with Gasteiger partial charge < -0.3 is 9.62 Å². The van der Waals surface area contributed by atoms with Crippen molar-refractivity contribution < 1.29 is 24.1 Å². The third-order valence-electron chi connectivity index (χ3n) is 1.02. The highest BCUT2D eigenvalue weighted by Crippen LogP contribution is 2.15. The highest BCUT2D eigenvalue weighted by molar-refractivity contribution is 6.07. The monoisotopic (exact) mass is 186 g/mol. The van der Waals surface area contributed by atoms with Gasteiger partial charge >= 0.3 is 11.9 Å². The van der Waals surface area contributed by atoms with E-state index in [0.717, 1.165) is 6.08 Å². The van der Waals surface area contributed by atoms with E-state index in [-0.39, 0.29) is 5.76 Å². The summed E-state index contributed by atoms with van der Waals surface area (Å²) in [4.78, 5) is 30.7. The van der Waals surface area contributed by atoms with E-state index in [0.29, 0.717) is 0 Å². The second-order valence-corrected chi connectivity index (χ2v) is 3.50. The number of esters is 2. The van der Waals surface area contributed by atoms with Gasteiger partial charge in [0, 0.05) is 0 Å². The van der Waals surface area contributed by atoms with E-state index < -0.39 is 17.5 Å². The molecule has 0 aromatic rings. The van der Waals surface area contributed by atoms with Crippen LogP contribution in [0.25, 0.3) is 0 Å². The highest BCUT2D eigenvalue weighted by atomic mass is 17.2. The zero-order valence-corrected chi connectivity index (χ0v) is 7.62. The largest absolute Gasteiger partial charge is 0.385 e. The summed E-state index contributed by atoms with van der Waals surface area (Å²) >= 11 is 0. The summed E-state index contributed by atoms with van der Waals surface area (Å²) in [6.07, 6.45) is 0.939. The van der Waals surface area contributed by atoms with Gasteiger partial charge in [-0.25, -0.2) is 9.59 Å². The van der Waals surface area contributed by atoms with Crippen molar-refractivity contribution in [1.29, 1.82) is 0 Å². The minimum absolute atomic E-state index is 0.222. The lowest BCUT2D eigenvalue weighted by atomic mass is 10.2. The Labute approximate surface area is 75.2 Å². The van der Waals surface area contributed by atoms with Gasteiger partial charge in [0.2, 0.25) is 0 Å². The van der Waals surface area contributed by atoms with Crippen LogP contribution in [0.4, 0.5) is 0 Å². The Morgan fingerprint density at radius 1 is 1.31 bits per heavy atom. The molecule has 0 saturated heterocycles. The van der Waals surface area contributed by atoms with Crippen molar-refractivity contribution in [2.45, 2.75) is 26.4 Å². The van der Waals surface area contributed by atoms with E-state index in [1.807, 2.05) is 0 Å². The number of hydrogen-bond acceptors (Lipinski definition) is 5. The van der Waals surface area contributed by atoms with Crippen LogP contribution in [-0.4, -0.2) is 17.5 Å². The van der Waals surface area contributed by atoms with Crippen LogP contribution >= 0.6 is 0 Å². The molecule has 1 heterocycles. The molecule has 1 rings (SSSR count). The molecule has 5 nitrogen and oxygen atoms in total. The fourth-order valence-corrected chi connectivity index (χ4v) is 0.565. The number of carbonyl (C=O) groups is 2. The van der Waals surface area contributed by atoms with Crippen molar-refractivity contribution in [1.82, 2.24) is 0 Å². The molecule has 0 aliphatic carbocycles. The van der Waals surface area contributed by atoms with Crippen LogP contribution in [0.1, 0.15) is 20.8 Å². The maximum atomic E-state index is 10.8. The predicted molar refractivity (Wildman–Crippen MR) is 41.1 cm³/mol. The Morgan fingerprint density at radius 3 is 2.31 bits per heavy atom. The lowest BCUT2D eigenvalue weighted by Crippen LogP contribution is -2.20. The van der Waals surface area contributed by atoms with Crippen LogP contribution in [-0.2, 0) is 24.1 Å². The summed E-state index contributed by atoms with van der Waals surface area (Å²) in [7, 11) is 0. The van der Waals surface area contributed by atoms with Crippen molar-refractivity contribution in [2.75, 3.05) is 0 Å². The molecule has 0 unspecified atom stereocenters. The first-order valence-electron chi connectivity index (χ1n) is 3.72. The average Bonchev–Trinajstić information content (AvgIpc) is 2.24. The summed E-state index contributed by atoms with van der Waals surface area (Å²) in [5.74, 6) is -1.79. The van der Waals surface area contributed by atoms with E-state index in [4.69, 9.17) is 4.89 Å². The molecule has 0 atom stereocenters. The highest BCUT2D eigenvalue weighted by Gasteiger charge is 2.28. The Hall–Kier alpha value is -1.36. The van der Waals surface area contributed by atoms with Gasteiger partial charge in [0.05, 0.1) is 6.08 Å². The van der Waals surface area contributed by atoms with Crippen LogP contribution in [0.2, 0.25) is 0 Å². The number of hydrogen-bond donors (Lipinski definition) is 0. The third-order valence-corrected chi connectivity index (χ3v) is 1.02. The fraction of sp³-hybridized carbons (Fsp3) is 0.500. The lowest BCUT2D eigenvalue weighted by Gasteiger charge is -2.16. The van der Waals surface area contributed by atoms with E-state index in [9.17, 15) is 9.59 Å². The summed E-state index contributed by atoms with van der Waals surface area (Å²) < 4.78 is 4.16. The van der Waals surface area contributed by atoms with Crippen molar-refractivity contribution in [3.05, 3.63) is 11.8 Å². The van der Waals surface area contributed by atoms with Gasteiger partial charge in [0.25, 0.3) is 5.76 Å².